The number of hydrogen-bond donors (Lipinski definition) is 0. The van der Waals surface area contributed by atoms with E-state index in [9.17, 15) is 9.18 Å². The molecule has 0 aliphatic carbocycles. The predicted molar refractivity (Wildman–Crippen MR) is 114 cm³/mol. The first kappa shape index (κ1) is 19.0. The Kier molecular flexibility index (Phi) is 5.19. The Bertz CT molecular complexity index is 1120. The van der Waals surface area contributed by atoms with E-state index in [1.165, 1.54) is 17.0 Å². The standard InChI is InChI=1S/C24H17ClFNO2/c1-29-22-11-5-16(6-12-22)13-18-14-23(17-7-9-19(25)10-8-17)27(24(18)28)21-4-2-3-20(26)15-21/h2-15H,1H3/b18-13-. The van der Waals surface area contributed by atoms with Crippen molar-refractivity contribution in [3.8, 4) is 5.75 Å². The monoisotopic (exact) mass is 405 g/mol. The van der Waals surface area contributed by atoms with Gasteiger partial charge in [0.2, 0.25) is 0 Å². The van der Waals surface area contributed by atoms with Gasteiger partial charge in [0, 0.05) is 10.6 Å². The van der Waals surface area contributed by atoms with Crippen molar-refractivity contribution >= 4 is 35.0 Å². The zero-order valence-electron chi connectivity index (χ0n) is 15.6. The van der Waals surface area contributed by atoms with Crippen LogP contribution in [0.2, 0.25) is 5.02 Å². The topological polar surface area (TPSA) is 29.5 Å². The molecule has 4 rings (SSSR count). The summed E-state index contributed by atoms with van der Waals surface area (Å²) in [5, 5.41) is 0.602. The van der Waals surface area contributed by atoms with Crippen molar-refractivity contribution in [1.82, 2.24) is 0 Å². The first-order valence-corrected chi connectivity index (χ1v) is 9.36. The highest BCUT2D eigenvalue weighted by molar-refractivity contribution is 6.30. The number of ether oxygens (including phenoxy) is 1. The van der Waals surface area contributed by atoms with E-state index in [4.69, 9.17) is 16.3 Å². The van der Waals surface area contributed by atoms with Gasteiger partial charge in [0.1, 0.15) is 11.6 Å². The third-order valence-electron chi connectivity index (χ3n) is 4.63. The van der Waals surface area contributed by atoms with Crippen LogP contribution in [0.1, 0.15) is 11.1 Å². The van der Waals surface area contributed by atoms with E-state index in [0.29, 0.717) is 22.0 Å². The number of hydrogen-bond acceptors (Lipinski definition) is 2. The molecular formula is C24H17ClFNO2. The van der Waals surface area contributed by atoms with Crippen LogP contribution in [-0.2, 0) is 4.79 Å². The second kappa shape index (κ2) is 7.94. The lowest BCUT2D eigenvalue weighted by Gasteiger charge is -2.21. The van der Waals surface area contributed by atoms with Crippen LogP contribution in [0, 0.1) is 5.82 Å². The van der Waals surface area contributed by atoms with Gasteiger partial charge in [-0.3, -0.25) is 9.69 Å². The molecule has 3 aromatic rings. The van der Waals surface area contributed by atoms with Gasteiger partial charge in [0.15, 0.2) is 0 Å². The van der Waals surface area contributed by atoms with Crippen molar-refractivity contribution in [2.75, 3.05) is 12.0 Å². The van der Waals surface area contributed by atoms with E-state index in [1.807, 2.05) is 36.4 Å². The zero-order valence-corrected chi connectivity index (χ0v) is 16.4. The van der Waals surface area contributed by atoms with E-state index < -0.39 is 5.82 Å². The molecule has 0 aromatic heterocycles. The van der Waals surface area contributed by atoms with Crippen LogP contribution in [0.15, 0.2) is 84.4 Å². The van der Waals surface area contributed by atoms with Crippen molar-refractivity contribution in [2.45, 2.75) is 0 Å². The minimum atomic E-state index is -0.404. The summed E-state index contributed by atoms with van der Waals surface area (Å²) in [5.74, 6) is 0.110. The van der Waals surface area contributed by atoms with Crippen LogP contribution in [0.4, 0.5) is 10.1 Å². The smallest absolute Gasteiger partial charge is 0.262 e. The Morgan fingerprint density at radius 3 is 2.38 bits per heavy atom. The number of benzene rings is 3. The molecule has 3 aromatic carbocycles. The van der Waals surface area contributed by atoms with E-state index >= 15 is 0 Å². The van der Waals surface area contributed by atoms with E-state index in [1.54, 1.807) is 43.5 Å². The molecule has 0 saturated heterocycles. The van der Waals surface area contributed by atoms with Crippen LogP contribution in [0.3, 0.4) is 0 Å². The largest absolute Gasteiger partial charge is 0.497 e. The quantitative estimate of drug-likeness (QED) is 0.501. The fourth-order valence-electron chi connectivity index (χ4n) is 3.20. The SMILES string of the molecule is COc1ccc(/C=C2/C=C(c3ccc(Cl)cc3)N(c3cccc(F)c3)C2=O)cc1. The average Bonchev–Trinajstić information content (AvgIpc) is 3.05. The molecule has 0 fully saturated rings. The Morgan fingerprint density at radius 2 is 1.72 bits per heavy atom. The van der Waals surface area contributed by atoms with Crippen molar-refractivity contribution in [1.29, 1.82) is 0 Å². The molecule has 0 N–H and O–H groups in total. The number of carbonyl (C=O) groups excluding carboxylic acids is 1. The number of amides is 1. The number of halogens is 2. The highest BCUT2D eigenvalue weighted by atomic mass is 35.5. The van der Waals surface area contributed by atoms with Crippen LogP contribution >= 0.6 is 11.6 Å². The molecule has 1 aliphatic rings. The van der Waals surface area contributed by atoms with Crippen LogP contribution < -0.4 is 9.64 Å². The Balaban J connectivity index is 1.80. The molecule has 1 aliphatic heterocycles. The molecule has 29 heavy (non-hydrogen) atoms. The summed E-state index contributed by atoms with van der Waals surface area (Å²) in [6.45, 7) is 0. The number of methoxy groups -OCH3 is 1. The van der Waals surface area contributed by atoms with Gasteiger partial charge in [-0.1, -0.05) is 41.9 Å². The molecule has 1 heterocycles. The zero-order chi connectivity index (χ0) is 20.4. The fourth-order valence-corrected chi connectivity index (χ4v) is 3.33. The van der Waals surface area contributed by atoms with Crippen LogP contribution in [-0.4, -0.2) is 13.0 Å². The molecule has 0 bridgehead atoms. The van der Waals surface area contributed by atoms with Crippen molar-refractivity contribution in [2.24, 2.45) is 0 Å². The van der Waals surface area contributed by atoms with Gasteiger partial charge < -0.3 is 4.74 Å². The van der Waals surface area contributed by atoms with E-state index in [0.717, 1.165) is 16.9 Å². The average molecular weight is 406 g/mol. The molecule has 0 spiro atoms. The Morgan fingerprint density at radius 1 is 1.00 bits per heavy atom. The van der Waals surface area contributed by atoms with E-state index in [-0.39, 0.29) is 5.91 Å². The summed E-state index contributed by atoms with van der Waals surface area (Å²) in [4.78, 5) is 14.7. The lowest BCUT2D eigenvalue weighted by molar-refractivity contribution is -0.113. The normalized spacial score (nSPS) is 15.0. The maximum absolute atomic E-state index is 13.8. The molecular weight excluding hydrogens is 389 g/mol. The van der Waals surface area contributed by atoms with Gasteiger partial charge in [0.05, 0.1) is 18.5 Å². The summed E-state index contributed by atoms with van der Waals surface area (Å²) in [7, 11) is 1.60. The van der Waals surface area contributed by atoms with Crippen molar-refractivity contribution in [3.05, 3.63) is 106 Å². The lowest BCUT2D eigenvalue weighted by Crippen LogP contribution is -2.25. The summed E-state index contributed by atoms with van der Waals surface area (Å²) >= 11 is 6.01. The minimum absolute atomic E-state index is 0.226. The number of carbonyl (C=O) groups is 1. The second-order valence-electron chi connectivity index (χ2n) is 6.53. The number of nitrogens with zero attached hydrogens (tertiary/aromatic N) is 1. The molecule has 0 radical (unpaired) electrons. The molecule has 0 atom stereocenters. The third-order valence-corrected chi connectivity index (χ3v) is 4.88. The maximum Gasteiger partial charge on any atom is 0.262 e. The summed E-state index contributed by atoms with van der Waals surface area (Å²) < 4.78 is 19.0. The first-order chi connectivity index (χ1) is 14.0. The highest BCUT2D eigenvalue weighted by Crippen LogP contribution is 2.35. The molecule has 0 saturated carbocycles. The first-order valence-electron chi connectivity index (χ1n) is 8.98. The van der Waals surface area contributed by atoms with Gasteiger partial charge in [-0.2, -0.15) is 0 Å². The Labute approximate surface area is 173 Å². The lowest BCUT2D eigenvalue weighted by atomic mass is 10.1. The number of anilines is 1. The fraction of sp³-hybridized carbons (Fsp3) is 0.0417. The van der Waals surface area contributed by atoms with Gasteiger partial charge in [0.25, 0.3) is 5.91 Å². The molecule has 0 unspecified atom stereocenters. The minimum Gasteiger partial charge on any atom is -0.497 e. The number of rotatable bonds is 4. The van der Waals surface area contributed by atoms with Gasteiger partial charge in [-0.25, -0.2) is 4.39 Å². The summed E-state index contributed by atoms with van der Waals surface area (Å²) in [5.41, 5.74) is 3.31. The van der Waals surface area contributed by atoms with Crippen LogP contribution in [0.5, 0.6) is 5.75 Å². The second-order valence-corrected chi connectivity index (χ2v) is 6.97. The van der Waals surface area contributed by atoms with Crippen molar-refractivity contribution < 1.29 is 13.9 Å². The molecule has 1 amide bonds. The molecule has 144 valence electrons. The molecule has 3 nitrogen and oxygen atoms in total. The Hall–Kier alpha value is -3.37. The van der Waals surface area contributed by atoms with Gasteiger partial charge in [-0.05, 0) is 65.7 Å². The van der Waals surface area contributed by atoms with Gasteiger partial charge >= 0.3 is 0 Å². The predicted octanol–water partition coefficient (Wildman–Crippen LogP) is 5.96. The van der Waals surface area contributed by atoms with Crippen molar-refractivity contribution in [3.63, 3.8) is 0 Å². The van der Waals surface area contributed by atoms with Crippen LogP contribution in [0.25, 0.3) is 11.8 Å². The summed E-state index contributed by atoms with van der Waals surface area (Å²) in [6, 6.07) is 20.6. The highest BCUT2D eigenvalue weighted by Gasteiger charge is 2.30. The molecule has 5 heteroatoms. The van der Waals surface area contributed by atoms with Gasteiger partial charge in [-0.15, -0.1) is 0 Å². The third kappa shape index (κ3) is 3.93. The maximum atomic E-state index is 13.8. The summed E-state index contributed by atoms with van der Waals surface area (Å²) in [6.07, 6.45) is 3.61. The van der Waals surface area contributed by atoms with E-state index in [2.05, 4.69) is 0 Å².